The summed E-state index contributed by atoms with van der Waals surface area (Å²) in [4.78, 5) is 74.3. The molecule has 0 spiro atoms. The largest absolute Gasteiger partial charge is 2.00 e. The average molecular weight is 1000 g/mol. The van der Waals surface area contributed by atoms with Crippen LogP contribution in [0.5, 0.6) is 0 Å². The monoisotopic (exact) mass is 1000 g/mol. The minimum atomic E-state index is -3.51. The van der Waals surface area contributed by atoms with Gasteiger partial charge in [-0.2, -0.15) is 0 Å². The van der Waals surface area contributed by atoms with Gasteiger partial charge in [-0.05, 0) is 0 Å². The van der Waals surface area contributed by atoms with Gasteiger partial charge in [0, 0.05) is 0 Å². The standard InChI is InChI=1S/7Fe.4O5Si2.2H2O.2O/c;;;;;;;4*1-6(2)5-7(3)4;;;;/h;;;;;;;;;;;2*1H2;;/q7*+2;4*-2;;;2*-2/p-2. The summed E-state index contributed by atoms with van der Waals surface area (Å²) in [5, 5.41) is 0. The Kier molecular flexibility index (Phi) is 167. The SMILES string of the molecule is O=[Si]([O-])O[Si](=O)[O-].O=[Si]([O-])O[Si](=O)[O-].O=[Si]([O-])O[Si](=O)[O-].O=[Si]([O-])O[Si](=O)[O-].[Fe+2].[Fe+2].[Fe+2].[Fe+2].[Fe+2].[Fe+2].[Fe+2].[O-2].[O-2].[OH-].[OH-]. The van der Waals surface area contributed by atoms with Crippen LogP contribution in [0.4, 0.5) is 0 Å². The molecule has 0 aromatic heterocycles. The Labute approximate surface area is 302 Å². The molecule has 0 aliphatic rings. The fraction of sp³-hybridized carbons (Fsp3) is 0. The Bertz CT molecular complexity index is 461. The van der Waals surface area contributed by atoms with E-state index in [2.05, 4.69) is 16.5 Å². The van der Waals surface area contributed by atoms with E-state index in [0.717, 1.165) is 0 Å². The van der Waals surface area contributed by atoms with Gasteiger partial charge in [-0.25, -0.2) is 0 Å². The maximum Gasteiger partial charge on any atom is 2.00 e. The van der Waals surface area contributed by atoms with E-state index in [4.69, 9.17) is 0 Å². The number of rotatable bonds is 8. The fourth-order valence-electron chi connectivity index (χ4n) is 0.272. The van der Waals surface area contributed by atoms with Gasteiger partial charge in [0.1, 0.15) is 0 Å². The maximum atomic E-state index is 9.29. The van der Waals surface area contributed by atoms with Crippen molar-refractivity contribution in [3.63, 3.8) is 0 Å². The molecule has 0 rings (SSSR count). The van der Waals surface area contributed by atoms with E-state index in [1.807, 2.05) is 0 Å². The molecule has 0 fully saturated rings. The smallest absolute Gasteiger partial charge is 2.00 e. The molecule has 234 valence electrons. The van der Waals surface area contributed by atoms with Crippen LogP contribution in [0.3, 0.4) is 0 Å². The predicted molar refractivity (Wildman–Crippen MR) is 61.1 cm³/mol. The first-order valence-corrected chi connectivity index (χ1v) is 14.7. The van der Waals surface area contributed by atoms with Crippen LogP contribution < -0.4 is 38.4 Å². The molecule has 0 unspecified atom stereocenters. The van der Waals surface area contributed by atoms with Crippen LogP contribution in [-0.2, 0) is 183 Å². The van der Waals surface area contributed by atoms with E-state index in [1.54, 1.807) is 0 Å². The topological polar surface area (TPSA) is 475 Å². The maximum absolute atomic E-state index is 9.29. The molecule has 0 saturated carbocycles. The fourth-order valence-corrected chi connectivity index (χ4v) is 2.45. The zero-order valence-corrected chi connectivity index (χ0v) is 32.1. The van der Waals surface area contributed by atoms with Crippen molar-refractivity contribution in [1.29, 1.82) is 0 Å². The van der Waals surface area contributed by atoms with Crippen molar-refractivity contribution >= 4 is 73.4 Å². The van der Waals surface area contributed by atoms with Gasteiger partial charge in [-0.3, -0.25) is 0 Å². The zero-order chi connectivity index (χ0) is 23.4. The molecule has 2 N–H and O–H groups in total. The third-order valence-electron chi connectivity index (χ3n) is 0.667. The summed E-state index contributed by atoms with van der Waals surface area (Å²) < 4.78 is 87.2. The molecule has 0 aliphatic heterocycles. The predicted octanol–water partition coefficient (Wildman–Crippen LogP) is -14.4. The molecule has 39 heavy (non-hydrogen) atoms. The quantitative estimate of drug-likeness (QED) is 0.204. The number of hydrogen-bond acceptors (Lipinski definition) is 22. The zero-order valence-electron chi connectivity index (χ0n) is 16.4. The molecule has 0 heterocycles. The average Bonchev–Trinajstić information content (AvgIpc) is 2.32. The third-order valence-corrected chi connectivity index (χ3v) is 6.00. The van der Waals surface area contributed by atoms with E-state index in [-0.39, 0.29) is 141 Å². The molecular weight excluding hydrogens is 1000 g/mol. The Morgan fingerprint density at radius 3 is 0.333 bits per heavy atom. The van der Waals surface area contributed by atoms with Gasteiger partial charge in [0.05, 0.1) is 0 Å². The Hall–Kier alpha value is 1.21. The van der Waals surface area contributed by atoms with E-state index >= 15 is 0 Å². The van der Waals surface area contributed by atoms with Gasteiger partial charge in [-0.15, -0.1) is 0 Å². The van der Waals surface area contributed by atoms with Gasteiger partial charge in [0.15, 0.2) is 0 Å². The van der Waals surface area contributed by atoms with Crippen LogP contribution in [0.1, 0.15) is 0 Å². The van der Waals surface area contributed by atoms with Gasteiger partial charge in [-0.1, -0.05) is 0 Å². The van der Waals surface area contributed by atoms with Crippen LogP contribution >= 0.6 is 0 Å². The second kappa shape index (κ2) is 67.1. The van der Waals surface area contributed by atoms with Gasteiger partial charge in [0.2, 0.25) is 0 Å². The summed E-state index contributed by atoms with van der Waals surface area (Å²) in [5.41, 5.74) is 0. The molecule has 0 aliphatic carbocycles. The van der Waals surface area contributed by atoms with Crippen molar-refractivity contribution < 1.29 is 232 Å². The molecule has 0 aromatic rings. The van der Waals surface area contributed by atoms with Crippen molar-refractivity contribution in [2.24, 2.45) is 0 Å². The van der Waals surface area contributed by atoms with Gasteiger partial charge >= 0.3 is 193 Å². The molecule has 0 aromatic carbocycles. The first-order valence-electron chi connectivity index (χ1n) is 4.90. The molecule has 0 saturated heterocycles. The molecular formula is H2Fe7O24Si8. The van der Waals surface area contributed by atoms with Crippen LogP contribution in [0.2, 0.25) is 0 Å². The second-order valence-corrected chi connectivity index (χ2v) is 9.67. The first-order chi connectivity index (χ1) is 12.5. The minimum absolute atomic E-state index is 0. The second-order valence-electron chi connectivity index (χ2n) is 2.41. The Balaban J connectivity index is -0.0000000138. The van der Waals surface area contributed by atoms with Crippen LogP contribution in [-0.4, -0.2) is 84.3 Å². The van der Waals surface area contributed by atoms with Crippen molar-refractivity contribution in [3.05, 3.63) is 0 Å². The normalized spacial score (nSPS) is 5.33. The van der Waals surface area contributed by atoms with E-state index < -0.39 is 73.4 Å². The van der Waals surface area contributed by atoms with Crippen LogP contribution in [0.25, 0.3) is 0 Å². The molecule has 0 atom stereocenters. The molecule has 39 heteroatoms. The van der Waals surface area contributed by atoms with E-state index in [1.165, 1.54) is 0 Å². The number of hydrogen-bond donors (Lipinski definition) is 0. The van der Waals surface area contributed by atoms with E-state index in [9.17, 15) is 74.1 Å². The summed E-state index contributed by atoms with van der Waals surface area (Å²) in [6, 6.07) is 0. The molecule has 0 amide bonds. The summed E-state index contributed by atoms with van der Waals surface area (Å²) in [6.07, 6.45) is 0. The molecule has 0 bridgehead atoms. The molecule has 24 nitrogen and oxygen atoms in total. The van der Waals surface area contributed by atoms with Gasteiger partial charge < -0.3 is 112 Å². The first kappa shape index (κ1) is 97.3. The van der Waals surface area contributed by atoms with Crippen molar-refractivity contribution in [2.45, 2.75) is 0 Å². The van der Waals surface area contributed by atoms with Crippen LogP contribution in [0, 0.1) is 0 Å². The minimum Gasteiger partial charge on any atom is -2.00 e. The Morgan fingerprint density at radius 2 is 0.333 bits per heavy atom. The van der Waals surface area contributed by atoms with Crippen molar-refractivity contribution in [1.82, 2.24) is 0 Å². The van der Waals surface area contributed by atoms with Gasteiger partial charge in [0.25, 0.3) is 0 Å². The van der Waals surface area contributed by atoms with Crippen molar-refractivity contribution in [2.75, 3.05) is 0 Å². The van der Waals surface area contributed by atoms with Crippen molar-refractivity contribution in [3.8, 4) is 0 Å². The summed E-state index contributed by atoms with van der Waals surface area (Å²) in [7, 11) is -28.1. The Morgan fingerprint density at radius 1 is 0.282 bits per heavy atom. The summed E-state index contributed by atoms with van der Waals surface area (Å²) >= 11 is 0. The third kappa shape index (κ3) is 183. The molecule has 0 radical (unpaired) electrons. The van der Waals surface area contributed by atoms with Crippen LogP contribution in [0.15, 0.2) is 0 Å². The summed E-state index contributed by atoms with van der Waals surface area (Å²) in [5.74, 6) is 0. The van der Waals surface area contributed by atoms with E-state index in [0.29, 0.717) is 0 Å². The summed E-state index contributed by atoms with van der Waals surface area (Å²) in [6.45, 7) is 0.